The van der Waals surface area contributed by atoms with E-state index in [0.29, 0.717) is 24.6 Å². The first-order chi connectivity index (χ1) is 24.6. The van der Waals surface area contributed by atoms with Crippen molar-refractivity contribution in [2.75, 3.05) is 17.7 Å². The van der Waals surface area contributed by atoms with Gasteiger partial charge in [-0.25, -0.2) is 13.8 Å². The molecule has 2 bridgehead atoms. The molecule has 5 aliphatic rings. The number of benzene rings is 1. The lowest BCUT2D eigenvalue weighted by Crippen LogP contribution is -2.52. The molecule has 5 heterocycles. The number of piperidine rings is 1. The number of aliphatic hydroxyl groups excluding tert-OH is 1. The fourth-order valence-corrected chi connectivity index (χ4v) is 7.88. The fraction of sp³-hybridized carbons (Fsp3) is 0.429. The third-order valence-electron chi connectivity index (χ3n) is 10.6. The molecule has 3 aromatic heterocycles. The summed E-state index contributed by atoms with van der Waals surface area (Å²) in [4.78, 5) is 53.0. The number of nitrogens with one attached hydrogen (secondary N) is 2. The summed E-state index contributed by atoms with van der Waals surface area (Å²) in [5.74, 6) is -1.93. The first kappa shape index (κ1) is 32.8. The molecule has 6 N–H and O–H groups in total. The van der Waals surface area contributed by atoms with Crippen molar-refractivity contribution in [1.29, 1.82) is 0 Å². The van der Waals surface area contributed by atoms with Crippen LogP contribution in [0.1, 0.15) is 71.0 Å². The van der Waals surface area contributed by atoms with Crippen molar-refractivity contribution in [3.05, 3.63) is 81.6 Å². The highest BCUT2D eigenvalue weighted by atomic mass is 19.1. The largest absolute Gasteiger partial charge is 0.503 e. The van der Waals surface area contributed by atoms with Crippen LogP contribution in [0.4, 0.5) is 20.5 Å². The average molecular weight is 702 g/mol. The van der Waals surface area contributed by atoms with Gasteiger partial charge in [0.2, 0.25) is 11.4 Å². The van der Waals surface area contributed by atoms with E-state index in [4.69, 9.17) is 5.73 Å². The molecule has 5 atom stereocenters. The predicted octanol–water partition coefficient (Wildman–Crippen LogP) is 2.86. The summed E-state index contributed by atoms with van der Waals surface area (Å²) in [5.41, 5.74) is 6.03. The molecule has 2 amide bonds. The molecular formula is C35H37F2N9O5. The Morgan fingerprint density at radius 2 is 1.90 bits per heavy atom. The van der Waals surface area contributed by atoms with E-state index in [1.54, 1.807) is 11.2 Å². The lowest BCUT2D eigenvalue weighted by atomic mass is 9.95. The van der Waals surface area contributed by atoms with Gasteiger partial charge >= 0.3 is 0 Å². The average Bonchev–Trinajstić information content (AvgIpc) is 3.48. The molecule has 51 heavy (non-hydrogen) atoms. The van der Waals surface area contributed by atoms with Gasteiger partial charge in [0.05, 0.1) is 18.4 Å². The molecule has 0 spiro atoms. The van der Waals surface area contributed by atoms with E-state index in [0.717, 1.165) is 61.6 Å². The first-order valence-corrected chi connectivity index (χ1v) is 17.2. The minimum atomic E-state index is -0.950. The Kier molecular flexibility index (Phi) is 8.20. The number of nitrogens with zero attached hydrogens (tertiary/aromatic N) is 6. The number of halogens is 2. The molecule has 3 aliphatic carbocycles. The lowest BCUT2D eigenvalue weighted by Gasteiger charge is -2.40. The van der Waals surface area contributed by atoms with Crippen LogP contribution in [0.3, 0.4) is 0 Å². The van der Waals surface area contributed by atoms with E-state index in [9.17, 15) is 33.4 Å². The number of nitrogens with two attached hydrogens (primary N) is 1. The van der Waals surface area contributed by atoms with E-state index in [-0.39, 0.29) is 65.9 Å². The summed E-state index contributed by atoms with van der Waals surface area (Å²) < 4.78 is 30.3. The molecule has 2 aliphatic heterocycles. The zero-order valence-electron chi connectivity index (χ0n) is 27.5. The third kappa shape index (κ3) is 5.96. The number of aliphatic hydroxyl groups is 1. The number of carbonyl (C=O) groups is 2. The van der Waals surface area contributed by atoms with Crippen molar-refractivity contribution >= 4 is 34.7 Å². The fourth-order valence-electron chi connectivity index (χ4n) is 7.88. The summed E-state index contributed by atoms with van der Waals surface area (Å²) in [6.07, 6.45) is 13.3. The number of allylic oxidation sites excluding steroid dienone is 1. The van der Waals surface area contributed by atoms with Crippen LogP contribution in [0, 0.1) is 23.5 Å². The SMILES string of the molecule is Nc1nc(NC2CC2)c2ncn([C@H]3C=C[C@@H](CO)C3)c2n1.O=C(NCc1ccc(F)cc1F)c1cn2c(c(O)c1=O)C(=O)N1[C@H]3CC[C@H](C3)[C@@H]1C2. The van der Waals surface area contributed by atoms with Gasteiger partial charge in [-0.2, -0.15) is 9.97 Å². The Morgan fingerprint density at radius 1 is 1.08 bits per heavy atom. The van der Waals surface area contributed by atoms with E-state index in [1.807, 2.05) is 10.6 Å². The van der Waals surface area contributed by atoms with Crippen molar-refractivity contribution in [3.63, 3.8) is 0 Å². The summed E-state index contributed by atoms with van der Waals surface area (Å²) in [5, 5.41) is 25.5. The van der Waals surface area contributed by atoms with E-state index in [2.05, 4.69) is 31.7 Å². The number of hydrogen-bond acceptors (Lipinski definition) is 10. The number of aromatic nitrogens is 5. The third-order valence-corrected chi connectivity index (χ3v) is 10.6. The second-order valence-corrected chi connectivity index (χ2v) is 14.0. The van der Waals surface area contributed by atoms with Gasteiger partial charge in [0.15, 0.2) is 28.4 Å². The van der Waals surface area contributed by atoms with Crippen molar-refractivity contribution in [2.45, 2.75) is 75.8 Å². The first-order valence-electron chi connectivity index (χ1n) is 17.2. The van der Waals surface area contributed by atoms with Crippen molar-refractivity contribution in [1.82, 2.24) is 34.3 Å². The Bertz CT molecular complexity index is 2150. The number of amides is 2. The van der Waals surface area contributed by atoms with Gasteiger partial charge in [0.1, 0.15) is 17.2 Å². The number of anilines is 2. The van der Waals surface area contributed by atoms with Crippen LogP contribution < -0.4 is 21.8 Å². The van der Waals surface area contributed by atoms with Gasteiger partial charge in [-0.15, -0.1) is 0 Å². The van der Waals surface area contributed by atoms with Crippen LogP contribution in [0.25, 0.3) is 11.2 Å². The number of aromatic hydroxyl groups is 1. The maximum absolute atomic E-state index is 13.8. The zero-order chi connectivity index (χ0) is 35.6. The quantitative estimate of drug-likeness (QED) is 0.179. The Labute approximate surface area is 290 Å². The van der Waals surface area contributed by atoms with Crippen molar-refractivity contribution in [2.24, 2.45) is 11.8 Å². The monoisotopic (exact) mass is 701 g/mol. The predicted molar refractivity (Wildman–Crippen MR) is 181 cm³/mol. The molecule has 3 fully saturated rings. The molecular weight excluding hydrogens is 664 g/mol. The zero-order valence-corrected chi connectivity index (χ0v) is 27.5. The van der Waals surface area contributed by atoms with Crippen LogP contribution in [0.2, 0.25) is 0 Å². The van der Waals surface area contributed by atoms with Crippen LogP contribution in [-0.2, 0) is 13.1 Å². The van der Waals surface area contributed by atoms with Crippen LogP contribution >= 0.6 is 0 Å². The molecule has 16 heteroatoms. The van der Waals surface area contributed by atoms with Gasteiger partial charge in [0.25, 0.3) is 11.8 Å². The molecule has 2 saturated carbocycles. The summed E-state index contributed by atoms with van der Waals surface area (Å²) in [7, 11) is 0. The molecule has 1 saturated heterocycles. The molecule has 14 nitrogen and oxygen atoms in total. The lowest BCUT2D eigenvalue weighted by molar-refractivity contribution is 0.0482. The minimum Gasteiger partial charge on any atom is -0.503 e. The highest BCUT2D eigenvalue weighted by Crippen LogP contribution is 2.46. The van der Waals surface area contributed by atoms with Crippen LogP contribution in [0.15, 0.2) is 47.7 Å². The maximum atomic E-state index is 13.8. The Balaban J connectivity index is 0.000000156. The standard InChI is InChI=1S/C21H19F2N3O4.C14H18N6O/c22-12-3-1-11(15(23)6-12)7-24-20(29)14-8-25-9-16-10-2-4-13(5-10)26(16)21(30)17(25)19(28)18(14)27;15-14-18-12(17-9-2-3-9)11-13(19-14)20(7-16-11)10-4-1-8(5-10)6-21/h1,3,6,8,10,13,16,28H,2,4-5,7,9H2,(H,24,29);1,4,7-10,21H,2-3,5-6H2,(H3,15,17,18,19)/t10-,13+,16+;8-,10+/m11/s1. The molecule has 4 aromatic rings. The number of rotatable bonds is 7. The Hall–Kier alpha value is -5.38. The normalized spacial score (nSPS) is 24.3. The highest BCUT2D eigenvalue weighted by molar-refractivity contribution is 5.99. The summed E-state index contributed by atoms with van der Waals surface area (Å²) in [6, 6.07) is 3.75. The summed E-state index contributed by atoms with van der Waals surface area (Å²) in [6.45, 7) is 0.320. The Morgan fingerprint density at radius 3 is 2.65 bits per heavy atom. The maximum Gasteiger partial charge on any atom is 0.275 e. The van der Waals surface area contributed by atoms with E-state index >= 15 is 0 Å². The van der Waals surface area contributed by atoms with Crippen LogP contribution in [0.5, 0.6) is 5.75 Å². The van der Waals surface area contributed by atoms with Gasteiger partial charge in [-0.3, -0.25) is 14.4 Å². The smallest absolute Gasteiger partial charge is 0.275 e. The minimum absolute atomic E-state index is 0.00475. The number of hydrogen-bond donors (Lipinski definition) is 5. The second-order valence-electron chi connectivity index (χ2n) is 14.0. The van der Waals surface area contributed by atoms with Gasteiger partial charge in [0, 0.05) is 55.5 Å². The van der Waals surface area contributed by atoms with Crippen molar-refractivity contribution < 1.29 is 28.6 Å². The summed E-state index contributed by atoms with van der Waals surface area (Å²) >= 11 is 0. The number of carbonyl (C=O) groups excluding carboxylic acids is 2. The van der Waals surface area contributed by atoms with Crippen molar-refractivity contribution in [3.8, 4) is 5.75 Å². The number of pyridine rings is 1. The second kappa shape index (κ2) is 12.7. The van der Waals surface area contributed by atoms with Crippen LogP contribution in [-0.4, -0.2) is 75.7 Å². The molecule has 1 aromatic carbocycles. The van der Waals surface area contributed by atoms with E-state index in [1.165, 1.54) is 16.8 Å². The van der Waals surface area contributed by atoms with Gasteiger partial charge < -0.3 is 40.6 Å². The molecule has 0 radical (unpaired) electrons. The topological polar surface area (TPSA) is 194 Å². The van der Waals surface area contributed by atoms with Gasteiger partial charge in [-0.1, -0.05) is 18.2 Å². The van der Waals surface area contributed by atoms with Gasteiger partial charge in [-0.05, 0) is 50.5 Å². The number of imidazole rings is 1. The van der Waals surface area contributed by atoms with E-state index < -0.39 is 28.7 Å². The molecule has 266 valence electrons. The highest BCUT2D eigenvalue weighted by Gasteiger charge is 2.51. The molecule has 0 unspecified atom stereocenters. The molecule has 9 rings (SSSR count). The number of fused-ring (bicyclic) bond motifs is 7. The number of nitrogen functional groups attached to an aromatic ring is 1.